The molecule has 0 unspecified atom stereocenters. The van der Waals surface area contributed by atoms with Gasteiger partial charge in [0.25, 0.3) is 10.2 Å². The molecule has 24 heavy (non-hydrogen) atoms. The van der Waals surface area contributed by atoms with Crippen LogP contribution in [-0.2, 0) is 15.0 Å². The minimum absolute atomic E-state index is 0.370. The van der Waals surface area contributed by atoms with E-state index in [4.69, 9.17) is 0 Å². The third-order valence-corrected chi connectivity index (χ3v) is 5.18. The molecule has 1 fully saturated rings. The molecule has 1 aromatic carbocycles. The van der Waals surface area contributed by atoms with E-state index in [2.05, 4.69) is 4.72 Å². The van der Waals surface area contributed by atoms with Gasteiger partial charge in [-0.3, -0.25) is 4.79 Å². The Kier molecular flexibility index (Phi) is 6.19. The number of amides is 1. The summed E-state index contributed by atoms with van der Waals surface area (Å²) >= 11 is 0. The molecule has 1 amide bonds. The number of rotatable bonds is 5. The Balaban J connectivity index is 1.94. The van der Waals surface area contributed by atoms with Gasteiger partial charge in [-0.15, -0.1) is 0 Å². The zero-order valence-electron chi connectivity index (χ0n) is 12.8. The molecule has 0 saturated carbocycles. The number of anilines is 1. The molecular formula is C14H18F3N3O3S. The van der Waals surface area contributed by atoms with E-state index in [0.717, 1.165) is 31.7 Å². The zero-order chi connectivity index (χ0) is 17.7. The number of halogens is 3. The van der Waals surface area contributed by atoms with Crippen molar-refractivity contribution in [3.05, 3.63) is 29.6 Å². The first-order chi connectivity index (χ1) is 11.3. The molecule has 0 aromatic heterocycles. The lowest BCUT2D eigenvalue weighted by Gasteiger charge is -2.20. The van der Waals surface area contributed by atoms with Gasteiger partial charge in [0.05, 0.1) is 12.2 Å². The summed E-state index contributed by atoms with van der Waals surface area (Å²) in [5.74, 6) is -5.53. The van der Waals surface area contributed by atoms with Gasteiger partial charge in [0.2, 0.25) is 5.91 Å². The van der Waals surface area contributed by atoms with Crippen LogP contribution in [0.2, 0.25) is 0 Å². The van der Waals surface area contributed by atoms with Crippen molar-refractivity contribution in [3.63, 3.8) is 0 Å². The summed E-state index contributed by atoms with van der Waals surface area (Å²) in [6.45, 7) is 0.0980. The van der Waals surface area contributed by atoms with Crippen LogP contribution in [-0.4, -0.2) is 38.3 Å². The van der Waals surface area contributed by atoms with Crippen LogP contribution in [0.3, 0.4) is 0 Å². The standard InChI is InChI=1S/C14H18F3N3O3S/c15-10-5-6-11(14(17)13(10)16)19-12(21)9-18-24(22,23)20-7-3-1-2-4-8-20/h5-6,18H,1-4,7-9H2,(H,19,21). The molecule has 1 aliphatic rings. The van der Waals surface area contributed by atoms with Crippen LogP contribution in [0.4, 0.5) is 18.9 Å². The molecule has 1 aliphatic heterocycles. The molecule has 0 spiro atoms. The van der Waals surface area contributed by atoms with E-state index in [0.29, 0.717) is 19.2 Å². The van der Waals surface area contributed by atoms with Crippen LogP contribution in [0, 0.1) is 17.5 Å². The van der Waals surface area contributed by atoms with E-state index in [-0.39, 0.29) is 0 Å². The average Bonchev–Trinajstić information content (AvgIpc) is 2.83. The third-order valence-electron chi connectivity index (χ3n) is 3.63. The minimum atomic E-state index is -3.82. The molecule has 1 saturated heterocycles. The van der Waals surface area contributed by atoms with Crippen molar-refractivity contribution in [2.75, 3.05) is 25.0 Å². The lowest BCUT2D eigenvalue weighted by Crippen LogP contribution is -2.44. The highest BCUT2D eigenvalue weighted by Gasteiger charge is 2.23. The fraction of sp³-hybridized carbons (Fsp3) is 0.500. The van der Waals surface area contributed by atoms with E-state index >= 15 is 0 Å². The van der Waals surface area contributed by atoms with Gasteiger partial charge >= 0.3 is 0 Å². The average molecular weight is 365 g/mol. The van der Waals surface area contributed by atoms with Crippen molar-refractivity contribution in [1.82, 2.24) is 9.03 Å². The summed E-state index contributed by atoms with van der Waals surface area (Å²) in [7, 11) is -3.82. The normalized spacial score (nSPS) is 16.6. The molecule has 2 rings (SSSR count). The molecule has 1 heterocycles. The van der Waals surface area contributed by atoms with Crippen LogP contribution in [0.25, 0.3) is 0 Å². The number of hydrogen-bond donors (Lipinski definition) is 2. The van der Waals surface area contributed by atoms with Crippen molar-refractivity contribution in [2.45, 2.75) is 25.7 Å². The maximum Gasteiger partial charge on any atom is 0.279 e. The van der Waals surface area contributed by atoms with Crippen molar-refractivity contribution < 1.29 is 26.4 Å². The Hall–Kier alpha value is -1.65. The van der Waals surface area contributed by atoms with Gasteiger partial charge in [-0.25, -0.2) is 13.2 Å². The fourth-order valence-electron chi connectivity index (χ4n) is 2.35. The van der Waals surface area contributed by atoms with Crippen molar-refractivity contribution in [2.24, 2.45) is 0 Å². The number of carbonyl (C=O) groups excluding carboxylic acids is 1. The first-order valence-electron chi connectivity index (χ1n) is 7.49. The largest absolute Gasteiger partial charge is 0.322 e. The van der Waals surface area contributed by atoms with Gasteiger partial charge in [-0.1, -0.05) is 12.8 Å². The summed E-state index contributed by atoms with van der Waals surface area (Å²) in [5, 5.41) is 2.00. The summed E-state index contributed by atoms with van der Waals surface area (Å²) in [4.78, 5) is 11.7. The Morgan fingerprint density at radius 2 is 1.67 bits per heavy atom. The number of nitrogens with zero attached hydrogens (tertiary/aromatic N) is 1. The number of carbonyl (C=O) groups is 1. The number of hydrogen-bond acceptors (Lipinski definition) is 3. The molecule has 10 heteroatoms. The van der Waals surface area contributed by atoms with E-state index in [9.17, 15) is 26.4 Å². The first-order valence-corrected chi connectivity index (χ1v) is 8.93. The second-order valence-electron chi connectivity index (χ2n) is 5.41. The van der Waals surface area contributed by atoms with Crippen molar-refractivity contribution in [1.29, 1.82) is 0 Å². The SMILES string of the molecule is O=C(CNS(=O)(=O)N1CCCCCC1)Nc1ccc(F)c(F)c1F. The van der Waals surface area contributed by atoms with E-state index in [1.807, 2.05) is 5.32 Å². The lowest BCUT2D eigenvalue weighted by molar-refractivity contribution is -0.115. The van der Waals surface area contributed by atoms with Gasteiger partial charge < -0.3 is 5.32 Å². The number of nitrogens with one attached hydrogen (secondary N) is 2. The quantitative estimate of drug-likeness (QED) is 0.781. The topological polar surface area (TPSA) is 78.5 Å². The van der Waals surface area contributed by atoms with Crippen LogP contribution >= 0.6 is 0 Å². The van der Waals surface area contributed by atoms with E-state index in [1.165, 1.54) is 4.31 Å². The molecule has 134 valence electrons. The highest BCUT2D eigenvalue weighted by molar-refractivity contribution is 7.87. The first kappa shape index (κ1) is 18.7. The fourth-order valence-corrected chi connectivity index (χ4v) is 3.58. The van der Waals surface area contributed by atoms with Crippen LogP contribution in [0.1, 0.15) is 25.7 Å². The van der Waals surface area contributed by atoms with Gasteiger partial charge in [-0.2, -0.15) is 17.4 Å². The molecule has 1 aromatic rings. The summed E-state index contributed by atoms with van der Waals surface area (Å²) in [5.41, 5.74) is -0.562. The smallest absolute Gasteiger partial charge is 0.279 e. The molecule has 2 N–H and O–H groups in total. The maximum atomic E-state index is 13.5. The van der Waals surface area contributed by atoms with Gasteiger partial charge in [0.15, 0.2) is 17.5 Å². The second kappa shape index (κ2) is 7.95. The second-order valence-corrected chi connectivity index (χ2v) is 7.17. The molecule has 0 aliphatic carbocycles. The molecule has 0 radical (unpaired) electrons. The predicted molar refractivity (Wildman–Crippen MR) is 81.9 cm³/mol. The van der Waals surface area contributed by atoms with Gasteiger partial charge in [-0.05, 0) is 25.0 Å². The summed E-state index contributed by atoms with van der Waals surface area (Å²) < 4.78 is 66.9. The van der Waals surface area contributed by atoms with Gasteiger partial charge in [0, 0.05) is 13.1 Å². The van der Waals surface area contributed by atoms with Crippen LogP contribution < -0.4 is 10.0 Å². The zero-order valence-corrected chi connectivity index (χ0v) is 13.6. The number of benzene rings is 1. The Labute approximate surface area is 138 Å². The Morgan fingerprint density at radius 3 is 2.29 bits per heavy atom. The lowest BCUT2D eigenvalue weighted by atomic mass is 10.2. The molecule has 6 nitrogen and oxygen atoms in total. The third kappa shape index (κ3) is 4.68. The van der Waals surface area contributed by atoms with Crippen LogP contribution in [0.15, 0.2) is 12.1 Å². The summed E-state index contributed by atoms with van der Waals surface area (Å²) in [6, 6.07) is 1.52. The van der Waals surface area contributed by atoms with Crippen LogP contribution in [0.5, 0.6) is 0 Å². The molecule has 0 atom stereocenters. The molecule has 0 bridgehead atoms. The van der Waals surface area contributed by atoms with Gasteiger partial charge in [0.1, 0.15) is 0 Å². The monoisotopic (exact) mass is 365 g/mol. The maximum absolute atomic E-state index is 13.5. The van der Waals surface area contributed by atoms with E-state index in [1.54, 1.807) is 0 Å². The Bertz CT molecular complexity index is 705. The predicted octanol–water partition coefficient (Wildman–Crippen LogP) is 1.75. The van der Waals surface area contributed by atoms with Crippen molar-refractivity contribution >= 4 is 21.8 Å². The Morgan fingerprint density at radius 1 is 1.04 bits per heavy atom. The van der Waals surface area contributed by atoms with E-state index < -0.39 is 45.8 Å². The van der Waals surface area contributed by atoms with Crippen molar-refractivity contribution in [3.8, 4) is 0 Å². The summed E-state index contributed by atoms with van der Waals surface area (Å²) in [6.07, 6.45) is 3.38. The molecular weight excluding hydrogens is 347 g/mol. The highest BCUT2D eigenvalue weighted by Crippen LogP contribution is 2.19. The highest BCUT2D eigenvalue weighted by atomic mass is 32.2. The minimum Gasteiger partial charge on any atom is -0.322 e.